The zero-order valence-electron chi connectivity index (χ0n) is 24.7. The molecule has 0 radical (unpaired) electrons. The summed E-state index contributed by atoms with van der Waals surface area (Å²) in [6.07, 6.45) is 1.31. The number of alkyl carbamates (subject to hydrolysis) is 1. The molecule has 1 fully saturated rings. The zero-order valence-corrected chi connectivity index (χ0v) is 24.7. The fourth-order valence-corrected chi connectivity index (χ4v) is 5.41. The number of hydrogen-bond acceptors (Lipinski definition) is 7. The highest BCUT2D eigenvalue weighted by atomic mass is 16.6. The molecule has 11 nitrogen and oxygen atoms in total. The van der Waals surface area contributed by atoms with Crippen molar-refractivity contribution in [3.63, 3.8) is 0 Å². The number of urea groups is 1. The summed E-state index contributed by atoms with van der Waals surface area (Å²) in [7, 11) is 1.75. The first-order valence-electron chi connectivity index (χ1n) is 14.0. The number of carbonyl (C=O) groups excluding carboxylic acids is 2. The number of carbonyl (C=O) groups is 2. The highest BCUT2D eigenvalue weighted by Gasteiger charge is 2.36. The topological polar surface area (TPSA) is 109 Å². The van der Waals surface area contributed by atoms with E-state index in [2.05, 4.69) is 26.6 Å². The summed E-state index contributed by atoms with van der Waals surface area (Å²) in [5, 5.41) is 4.01. The number of ether oxygens (including phenoxy) is 1. The molecule has 1 unspecified atom stereocenters. The van der Waals surface area contributed by atoms with Crippen LogP contribution in [0.1, 0.15) is 57.7 Å². The van der Waals surface area contributed by atoms with Crippen molar-refractivity contribution in [1.29, 1.82) is 0 Å². The fraction of sp³-hybridized carbons (Fsp3) is 0.500. The summed E-state index contributed by atoms with van der Waals surface area (Å²) < 4.78 is 7.56. The lowest BCUT2D eigenvalue weighted by molar-refractivity contribution is 0.0499. The molecule has 1 saturated heterocycles. The normalized spacial score (nSPS) is 17.3. The van der Waals surface area contributed by atoms with Gasteiger partial charge in [-0.2, -0.15) is 4.98 Å². The van der Waals surface area contributed by atoms with Crippen LogP contribution in [-0.4, -0.2) is 68.3 Å². The van der Waals surface area contributed by atoms with Gasteiger partial charge in [0, 0.05) is 37.3 Å². The third kappa shape index (κ3) is 6.06. The van der Waals surface area contributed by atoms with Gasteiger partial charge in [0.15, 0.2) is 5.82 Å². The molecular formula is C30H38N8O3. The van der Waals surface area contributed by atoms with Gasteiger partial charge in [-0.3, -0.25) is 9.47 Å². The largest absolute Gasteiger partial charge is 0.444 e. The lowest BCUT2D eigenvalue weighted by Crippen LogP contribution is -2.49. The number of nitrogens with zero attached hydrogens (tertiary/aromatic N) is 7. The molecule has 0 spiro atoms. The van der Waals surface area contributed by atoms with Crippen molar-refractivity contribution >= 4 is 34.8 Å². The number of imidazole rings is 1. The Morgan fingerprint density at radius 2 is 1.98 bits per heavy atom. The van der Waals surface area contributed by atoms with Gasteiger partial charge in [-0.25, -0.2) is 19.6 Å². The van der Waals surface area contributed by atoms with Crippen LogP contribution < -0.4 is 15.1 Å². The van der Waals surface area contributed by atoms with E-state index in [4.69, 9.17) is 19.7 Å². The number of nitrogens with one attached hydrogen (secondary N) is 1. The number of para-hydroxylation sites is 1. The van der Waals surface area contributed by atoms with Gasteiger partial charge < -0.3 is 19.9 Å². The third-order valence-corrected chi connectivity index (χ3v) is 7.26. The molecule has 0 bridgehead atoms. The van der Waals surface area contributed by atoms with E-state index in [1.807, 2.05) is 58.9 Å². The average molecular weight is 559 g/mol. The second kappa shape index (κ2) is 11.3. The zero-order chi connectivity index (χ0) is 29.3. The minimum atomic E-state index is -0.563. The number of anilines is 2. The molecular weight excluding hydrogens is 520 g/mol. The van der Waals surface area contributed by atoms with Gasteiger partial charge in [-0.15, -0.1) is 5.92 Å². The first-order valence-corrected chi connectivity index (χ1v) is 14.0. The van der Waals surface area contributed by atoms with Crippen LogP contribution in [-0.2, 0) is 24.4 Å². The van der Waals surface area contributed by atoms with E-state index in [9.17, 15) is 9.59 Å². The molecule has 1 aromatic carbocycles. The molecule has 2 aromatic heterocycles. The Morgan fingerprint density at radius 1 is 1.20 bits per heavy atom. The molecule has 1 N–H and O–H groups in total. The Kier molecular flexibility index (Phi) is 7.76. The Morgan fingerprint density at radius 3 is 2.73 bits per heavy atom. The van der Waals surface area contributed by atoms with E-state index in [0.29, 0.717) is 31.3 Å². The molecule has 11 heteroatoms. The highest BCUT2D eigenvalue weighted by Crippen LogP contribution is 2.33. The van der Waals surface area contributed by atoms with Gasteiger partial charge in [0.2, 0.25) is 5.95 Å². The highest BCUT2D eigenvalue weighted by molar-refractivity contribution is 5.93. The molecule has 0 saturated carbocycles. The third-order valence-electron chi connectivity index (χ3n) is 7.26. The molecule has 1 atom stereocenters. The van der Waals surface area contributed by atoms with Gasteiger partial charge in [-0.05, 0) is 53.5 Å². The van der Waals surface area contributed by atoms with Crippen LogP contribution in [0.25, 0.3) is 10.9 Å². The summed E-state index contributed by atoms with van der Waals surface area (Å²) in [6.45, 7) is 11.8. The van der Waals surface area contributed by atoms with Crippen LogP contribution >= 0.6 is 0 Å². The lowest BCUT2D eigenvalue weighted by atomic mass is 10.1. The second-order valence-electron chi connectivity index (χ2n) is 11.6. The fourth-order valence-electron chi connectivity index (χ4n) is 5.41. The molecule has 3 aromatic rings. The molecule has 3 amide bonds. The van der Waals surface area contributed by atoms with Crippen LogP contribution in [0.5, 0.6) is 0 Å². The summed E-state index contributed by atoms with van der Waals surface area (Å²) in [4.78, 5) is 45.8. The molecule has 4 heterocycles. The number of rotatable bonds is 5. The lowest BCUT2D eigenvalue weighted by Gasteiger charge is -2.34. The summed E-state index contributed by atoms with van der Waals surface area (Å²) in [5.41, 5.74) is 2.09. The minimum Gasteiger partial charge on any atom is -0.444 e. The van der Waals surface area contributed by atoms with Gasteiger partial charge in [-0.1, -0.05) is 24.1 Å². The van der Waals surface area contributed by atoms with Crippen molar-refractivity contribution in [1.82, 2.24) is 29.7 Å². The van der Waals surface area contributed by atoms with E-state index in [1.54, 1.807) is 16.8 Å². The van der Waals surface area contributed by atoms with Gasteiger partial charge in [0.25, 0.3) is 0 Å². The summed E-state index contributed by atoms with van der Waals surface area (Å²) in [5.74, 6) is 8.13. The SMILES string of the molecule is CC#CCn1c(N2CCCC(NC(=O)OC(C)(C)C)C2)nc2c1CN(Cc1nc(C)c3ccccc3n1)C(=O)N2C. The van der Waals surface area contributed by atoms with Gasteiger partial charge in [0.1, 0.15) is 11.4 Å². The van der Waals surface area contributed by atoms with E-state index >= 15 is 0 Å². The van der Waals surface area contributed by atoms with Crippen LogP contribution in [0.15, 0.2) is 24.3 Å². The molecule has 2 aliphatic rings. The van der Waals surface area contributed by atoms with E-state index < -0.39 is 11.7 Å². The smallest absolute Gasteiger partial charge is 0.407 e. The predicted octanol–water partition coefficient (Wildman–Crippen LogP) is 4.22. The molecule has 0 aliphatic carbocycles. The Hall–Kier alpha value is -4.33. The second-order valence-corrected chi connectivity index (χ2v) is 11.6. The van der Waals surface area contributed by atoms with Crippen molar-refractivity contribution in [3.05, 3.63) is 41.5 Å². The number of benzene rings is 1. The van der Waals surface area contributed by atoms with E-state index in [0.717, 1.165) is 47.6 Å². The quantitative estimate of drug-likeness (QED) is 0.467. The van der Waals surface area contributed by atoms with Crippen molar-refractivity contribution in [2.45, 2.75) is 78.7 Å². The summed E-state index contributed by atoms with van der Waals surface area (Å²) >= 11 is 0. The average Bonchev–Trinajstić information content (AvgIpc) is 3.28. The van der Waals surface area contributed by atoms with Crippen molar-refractivity contribution in [3.8, 4) is 11.8 Å². The van der Waals surface area contributed by atoms with E-state index in [1.165, 1.54) is 0 Å². The number of piperidine rings is 1. The standard InChI is InChI=1S/C30H38N8O3/c1-7-8-16-38-24-18-37(19-25-31-20(2)22-13-9-10-14-23(22)33-25)29(40)35(6)26(24)34-27(38)36-15-11-12-21(17-36)32-28(39)41-30(3,4)5/h9-10,13-14,21H,11-12,15-19H2,1-6H3,(H,32,39). The van der Waals surface area contributed by atoms with Crippen LogP contribution in [0.2, 0.25) is 0 Å². The Labute approximate surface area is 240 Å². The molecule has 41 heavy (non-hydrogen) atoms. The van der Waals surface area contributed by atoms with Crippen molar-refractivity contribution in [2.24, 2.45) is 0 Å². The number of amides is 3. The summed E-state index contributed by atoms with van der Waals surface area (Å²) in [6, 6.07) is 7.65. The predicted molar refractivity (Wildman–Crippen MR) is 158 cm³/mol. The van der Waals surface area contributed by atoms with Gasteiger partial charge >= 0.3 is 12.1 Å². The maximum Gasteiger partial charge on any atom is 0.407 e. The number of aryl methyl sites for hydroxylation is 1. The Bertz CT molecular complexity index is 1530. The molecule has 5 rings (SSSR count). The maximum atomic E-state index is 13.5. The monoisotopic (exact) mass is 558 g/mol. The Balaban J connectivity index is 1.41. The molecule has 2 aliphatic heterocycles. The number of fused-ring (bicyclic) bond motifs is 2. The van der Waals surface area contributed by atoms with Crippen molar-refractivity contribution in [2.75, 3.05) is 29.9 Å². The van der Waals surface area contributed by atoms with Crippen LogP contribution in [0.3, 0.4) is 0 Å². The maximum absolute atomic E-state index is 13.5. The first-order chi connectivity index (χ1) is 19.5. The van der Waals surface area contributed by atoms with Gasteiger partial charge in [0.05, 0.1) is 30.8 Å². The first kappa shape index (κ1) is 28.2. The number of hydrogen-bond donors (Lipinski definition) is 1. The van der Waals surface area contributed by atoms with Crippen molar-refractivity contribution < 1.29 is 14.3 Å². The molecule has 216 valence electrons. The van der Waals surface area contributed by atoms with E-state index in [-0.39, 0.29) is 18.6 Å². The number of aromatic nitrogens is 4. The van der Waals surface area contributed by atoms with Crippen LogP contribution in [0.4, 0.5) is 21.4 Å². The minimum absolute atomic E-state index is 0.0813. The van der Waals surface area contributed by atoms with Crippen LogP contribution in [0, 0.1) is 18.8 Å².